The molecule has 1 aliphatic rings. The number of cyclic esters (lactones) is 1. The van der Waals surface area contributed by atoms with Crippen molar-refractivity contribution in [2.75, 3.05) is 0 Å². The zero-order chi connectivity index (χ0) is 13.8. The number of nitrogens with zero attached hydrogens (tertiary/aromatic N) is 1. The average molecular weight is 261 g/mol. The van der Waals surface area contributed by atoms with Crippen LogP contribution in [0.2, 0.25) is 0 Å². The van der Waals surface area contributed by atoms with Gasteiger partial charge in [0.25, 0.3) is 5.91 Å². The van der Waals surface area contributed by atoms with E-state index in [-0.39, 0.29) is 11.9 Å². The van der Waals surface area contributed by atoms with Gasteiger partial charge >= 0.3 is 6.09 Å². The van der Waals surface area contributed by atoms with E-state index in [4.69, 9.17) is 4.74 Å². The second-order valence-corrected chi connectivity index (χ2v) is 4.81. The summed E-state index contributed by atoms with van der Waals surface area (Å²) < 4.78 is 5.17. The molecule has 0 bridgehead atoms. The van der Waals surface area contributed by atoms with E-state index in [2.05, 4.69) is 0 Å². The molecule has 2 amide bonds. The van der Waals surface area contributed by atoms with Crippen molar-refractivity contribution in [3.05, 3.63) is 35.9 Å². The number of hydrogen-bond acceptors (Lipinski definition) is 3. The summed E-state index contributed by atoms with van der Waals surface area (Å²) in [5.74, 6) is -0.213. The first-order valence-corrected chi connectivity index (χ1v) is 6.73. The molecule has 4 heteroatoms. The normalized spacial score (nSPS) is 20.5. The van der Waals surface area contributed by atoms with E-state index in [0.717, 1.165) is 18.4 Å². The predicted molar refractivity (Wildman–Crippen MR) is 71.5 cm³/mol. The zero-order valence-electron chi connectivity index (χ0n) is 11.3. The van der Waals surface area contributed by atoms with Crippen molar-refractivity contribution in [3.63, 3.8) is 0 Å². The molecule has 102 valence electrons. The minimum Gasteiger partial charge on any atom is -0.436 e. The first-order chi connectivity index (χ1) is 9.15. The summed E-state index contributed by atoms with van der Waals surface area (Å²) in [6.45, 7) is 3.89. The van der Waals surface area contributed by atoms with Crippen LogP contribution in [-0.4, -0.2) is 23.0 Å². The van der Waals surface area contributed by atoms with E-state index in [0.29, 0.717) is 6.42 Å². The Bertz CT molecular complexity index is 458. The Morgan fingerprint density at radius 2 is 1.95 bits per heavy atom. The van der Waals surface area contributed by atoms with Crippen molar-refractivity contribution in [2.45, 2.75) is 45.3 Å². The Hall–Kier alpha value is -1.84. The zero-order valence-corrected chi connectivity index (χ0v) is 11.3. The molecule has 2 unspecified atom stereocenters. The number of hydrogen-bond donors (Lipinski definition) is 0. The van der Waals surface area contributed by atoms with Crippen LogP contribution in [0.1, 0.15) is 44.7 Å². The number of carbonyl (C=O) groups is 2. The molecular weight excluding hydrogens is 242 g/mol. The Morgan fingerprint density at radius 3 is 2.58 bits per heavy atom. The number of carbonyl (C=O) groups excluding carboxylic acids is 2. The van der Waals surface area contributed by atoms with Crippen LogP contribution in [0.15, 0.2) is 30.3 Å². The smallest absolute Gasteiger partial charge is 0.418 e. The van der Waals surface area contributed by atoms with Gasteiger partial charge in [0, 0.05) is 0 Å². The summed E-state index contributed by atoms with van der Waals surface area (Å²) in [5, 5.41) is 0. The Labute approximate surface area is 113 Å². The maximum absolute atomic E-state index is 12.2. The topological polar surface area (TPSA) is 46.6 Å². The maximum Gasteiger partial charge on any atom is 0.418 e. The summed E-state index contributed by atoms with van der Waals surface area (Å²) in [7, 11) is 0. The second kappa shape index (κ2) is 5.87. The van der Waals surface area contributed by atoms with Crippen molar-refractivity contribution in [1.29, 1.82) is 0 Å². The lowest BCUT2D eigenvalue weighted by Gasteiger charge is -2.20. The molecule has 1 saturated heterocycles. The van der Waals surface area contributed by atoms with Gasteiger partial charge in [-0.3, -0.25) is 4.79 Å². The van der Waals surface area contributed by atoms with Gasteiger partial charge in [0.05, 0.1) is 6.04 Å². The van der Waals surface area contributed by atoms with Crippen molar-refractivity contribution in [2.24, 2.45) is 0 Å². The molecule has 0 saturated carbocycles. The summed E-state index contributed by atoms with van der Waals surface area (Å²) in [6.07, 6.45) is 1.35. The van der Waals surface area contributed by atoms with E-state index in [1.165, 1.54) is 4.90 Å². The van der Waals surface area contributed by atoms with Crippen LogP contribution in [0.25, 0.3) is 0 Å². The van der Waals surface area contributed by atoms with Gasteiger partial charge in [0.1, 0.15) is 0 Å². The predicted octanol–water partition coefficient (Wildman–Crippen LogP) is 3.29. The summed E-state index contributed by atoms with van der Waals surface area (Å²) in [4.78, 5) is 25.3. The molecule has 1 aromatic rings. The molecule has 1 aromatic carbocycles. The van der Waals surface area contributed by atoms with E-state index in [1.54, 1.807) is 0 Å². The van der Waals surface area contributed by atoms with Gasteiger partial charge in [-0.15, -0.1) is 0 Å². The summed E-state index contributed by atoms with van der Waals surface area (Å²) in [5.41, 5.74) is 0.934. The van der Waals surface area contributed by atoms with Crippen LogP contribution in [0.5, 0.6) is 0 Å². The van der Waals surface area contributed by atoms with Gasteiger partial charge in [-0.2, -0.15) is 0 Å². The highest BCUT2D eigenvalue weighted by Crippen LogP contribution is 2.28. The van der Waals surface area contributed by atoms with Crippen LogP contribution in [-0.2, 0) is 9.53 Å². The average Bonchev–Trinajstić information content (AvgIpc) is 2.71. The molecule has 1 heterocycles. The third kappa shape index (κ3) is 2.78. The molecule has 1 fully saturated rings. The van der Waals surface area contributed by atoms with Crippen molar-refractivity contribution in [3.8, 4) is 0 Å². The van der Waals surface area contributed by atoms with Crippen LogP contribution in [0, 0.1) is 0 Å². The first kappa shape index (κ1) is 13.6. The molecule has 19 heavy (non-hydrogen) atoms. The van der Waals surface area contributed by atoms with Gasteiger partial charge in [0.15, 0.2) is 6.10 Å². The fourth-order valence-corrected chi connectivity index (χ4v) is 2.28. The number of rotatable bonds is 5. The molecule has 0 aliphatic carbocycles. The molecule has 0 N–H and O–H groups in total. The monoisotopic (exact) mass is 261 g/mol. The van der Waals surface area contributed by atoms with Gasteiger partial charge in [-0.05, 0) is 25.3 Å². The van der Waals surface area contributed by atoms with Crippen LogP contribution in [0.3, 0.4) is 0 Å². The number of imide groups is 1. The maximum atomic E-state index is 12.2. The largest absolute Gasteiger partial charge is 0.436 e. The lowest BCUT2D eigenvalue weighted by molar-refractivity contribution is -0.131. The highest BCUT2D eigenvalue weighted by Gasteiger charge is 2.42. The molecule has 4 nitrogen and oxygen atoms in total. The number of benzene rings is 1. The Kier molecular flexibility index (Phi) is 4.20. The third-order valence-corrected chi connectivity index (χ3v) is 3.44. The SMILES string of the molecule is CCCCC1OC(=O)N(C(C)c2ccccc2)C1=O. The lowest BCUT2D eigenvalue weighted by Crippen LogP contribution is -2.33. The third-order valence-electron chi connectivity index (χ3n) is 3.44. The second-order valence-electron chi connectivity index (χ2n) is 4.81. The van der Waals surface area contributed by atoms with Gasteiger partial charge in [-0.25, -0.2) is 9.69 Å². The molecule has 0 aromatic heterocycles. The van der Waals surface area contributed by atoms with Gasteiger partial charge in [0.2, 0.25) is 0 Å². The minimum atomic E-state index is -0.599. The van der Waals surface area contributed by atoms with E-state index < -0.39 is 12.2 Å². The molecule has 0 radical (unpaired) electrons. The standard InChI is InChI=1S/C15H19NO3/c1-3-4-10-13-14(17)16(15(18)19-13)11(2)12-8-6-5-7-9-12/h5-9,11,13H,3-4,10H2,1-2H3. The molecule has 2 atom stereocenters. The molecule has 2 rings (SSSR count). The lowest BCUT2D eigenvalue weighted by atomic mass is 10.1. The number of amides is 2. The fourth-order valence-electron chi connectivity index (χ4n) is 2.28. The Morgan fingerprint density at radius 1 is 1.26 bits per heavy atom. The summed E-state index contributed by atoms with van der Waals surface area (Å²) >= 11 is 0. The quantitative estimate of drug-likeness (QED) is 0.817. The fraction of sp³-hybridized carbons (Fsp3) is 0.467. The van der Waals surface area contributed by atoms with Gasteiger partial charge < -0.3 is 4.74 Å². The Balaban J connectivity index is 2.12. The highest BCUT2D eigenvalue weighted by atomic mass is 16.6. The number of ether oxygens (including phenoxy) is 1. The van der Waals surface area contributed by atoms with E-state index >= 15 is 0 Å². The molecule has 1 aliphatic heterocycles. The van der Waals surface area contributed by atoms with Gasteiger partial charge in [-0.1, -0.05) is 43.7 Å². The van der Waals surface area contributed by atoms with Crippen LogP contribution < -0.4 is 0 Å². The molecular formula is C15H19NO3. The van der Waals surface area contributed by atoms with Crippen LogP contribution >= 0.6 is 0 Å². The first-order valence-electron chi connectivity index (χ1n) is 6.73. The van der Waals surface area contributed by atoms with Crippen molar-refractivity contribution in [1.82, 2.24) is 4.90 Å². The van der Waals surface area contributed by atoms with E-state index in [9.17, 15) is 9.59 Å². The highest BCUT2D eigenvalue weighted by molar-refractivity contribution is 6.00. The van der Waals surface area contributed by atoms with Crippen molar-refractivity contribution >= 4 is 12.0 Å². The molecule has 0 spiro atoms. The minimum absolute atomic E-state index is 0.213. The van der Waals surface area contributed by atoms with Crippen LogP contribution in [0.4, 0.5) is 4.79 Å². The van der Waals surface area contributed by atoms with Crippen molar-refractivity contribution < 1.29 is 14.3 Å². The van der Waals surface area contributed by atoms with E-state index in [1.807, 2.05) is 44.2 Å². The number of unbranched alkanes of at least 4 members (excludes halogenated alkanes) is 1. The summed E-state index contributed by atoms with van der Waals surface area (Å²) in [6, 6.07) is 9.23.